The topological polar surface area (TPSA) is 70.6 Å². The van der Waals surface area contributed by atoms with E-state index >= 15 is 0 Å². The van der Waals surface area contributed by atoms with Crippen molar-refractivity contribution >= 4 is 23.2 Å². The normalized spacial score (nSPS) is 31.1. The molecule has 0 aromatic carbocycles. The van der Waals surface area contributed by atoms with Crippen molar-refractivity contribution in [2.45, 2.75) is 12.3 Å². The molecule has 3 N–H and O–H groups in total. The molecule has 11 heavy (non-hydrogen) atoms. The van der Waals surface area contributed by atoms with Crippen LogP contribution >= 0.6 is 12.2 Å². The van der Waals surface area contributed by atoms with Gasteiger partial charge in [-0.05, 0) is 12.2 Å². The second-order valence-corrected chi connectivity index (χ2v) is 2.58. The van der Waals surface area contributed by atoms with Crippen LogP contribution in [0.5, 0.6) is 0 Å². The number of amides is 1. The van der Waals surface area contributed by atoms with E-state index in [1.807, 2.05) is 0 Å². The van der Waals surface area contributed by atoms with Crippen molar-refractivity contribution in [1.82, 2.24) is 10.6 Å². The van der Waals surface area contributed by atoms with Gasteiger partial charge in [-0.15, -0.1) is 0 Å². The van der Waals surface area contributed by atoms with E-state index in [0.717, 1.165) is 0 Å². The summed E-state index contributed by atoms with van der Waals surface area (Å²) in [7, 11) is 1.29. The standard InChI is InChI=1S/C5H8N2O3S/c1-10-5(9)2-3(8)6-4(11)7-5/h9H,2H2,1H3,(H2,6,7,8,11). The molecular formula is C5H8N2O3S. The van der Waals surface area contributed by atoms with E-state index in [-0.39, 0.29) is 17.4 Å². The minimum atomic E-state index is -1.64. The molecule has 1 saturated heterocycles. The summed E-state index contributed by atoms with van der Waals surface area (Å²) in [6, 6.07) is 0. The fourth-order valence-electron chi connectivity index (χ4n) is 0.764. The third-order valence-corrected chi connectivity index (χ3v) is 1.50. The van der Waals surface area contributed by atoms with Crippen LogP contribution in [0.2, 0.25) is 0 Å². The Hall–Kier alpha value is -0.720. The Morgan fingerprint density at radius 1 is 1.82 bits per heavy atom. The molecule has 0 aliphatic carbocycles. The smallest absolute Gasteiger partial charge is 0.257 e. The van der Waals surface area contributed by atoms with Crippen molar-refractivity contribution in [1.29, 1.82) is 0 Å². The molecule has 1 unspecified atom stereocenters. The monoisotopic (exact) mass is 176 g/mol. The first-order chi connectivity index (χ1) is 5.06. The minimum absolute atomic E-state index is 0.0746. The lowest BCUT2D eigenvalue weighted by molar-refractivity contribution is -0.204. The maximum absolute atomic E-state index is 10.8. The lowest BCUT2D eigenvalue weighted by atomic mass is 10.3. The molecule has 1 aliphatic rings. The summed E-state index contributed by atoms with van der Waals surface area (Å²) in [5.41, 5.74) is 0. The van der Waals surface area contributed by atoms with Gasteiger partial charge in [0.2, 0.25) is 5.91 Å². The maximum Gasteiger partial charge on any atom is 0.257 e. The molecule has 1 fully saturated rings. The highest BCUT2D eigenvalue weighted by Crippen LogP contribution is 2.09. The summed E-state index contributed by atoms with van der Waals surface area (Å²) in [6.07, 6.45) is -0.163. The lowest BCUT2D eigenvalue weighted by Crippen LogP contribution is -2.61. The number of aliphatic hydroxyl groups is 1. The number of carbonyl (C=O) groups is 1. The van der Waals surface area contributed by atoms with Crippen molar-refractivity contribution in [3.8, 4) is 0 Å². The molecule has 1 aliphatic heterocycles. The molecule has 1 heterocycles. The second kappa shape index (κ2) is 2.72. The Morgan fingerprint density at radius 2 is 2.45 bits per heavy atom. The maximum atomic E-state index is 10.8. The highest BCUT2D eigenvalue weighted by Gasteiger charge is 2.35. The molecule has 0 aromatic rings. The van der Waals surface area contributed by atoms with Gasteiger partial charge >= 0.3 is 0 Å². The zero-order chi connectivity index (χ0) is 8.48. The van der Waals surface area contributed by atoms with Gasteiger partial charge in [0.25, 0.3) is 5.91 Å². The molecule has 0 saturated carbocycles. The SMILES string of the molecule is COC1(O)CC(=O)NC(=S)N1. The number of carbonyl (C=O) groups excluding carboxylic acids is 1. The van der Waals surface area contributed by atoms with Gasteiger partial charge in [-0.2, -0.15) is 0 Å². The molecule has 6 heteroatoms. The third kappa shape index (κ3) is 1.86. The highest BCUT2D eigenvalue weighted by atomic mass is 32.1. The van der Waals surface area contributed by atoms with Crippen LogP contribution in [-0.2, 0) is 9.53 Å². The first kappa shape index (κ1) is 8.38. The Bertz CT molecular complexity index is 190. The zero-order valence-corrected chi connectivity index (χ0v) is 6.70. The van der Waals surface area contributed by atoms with Crippen LogP contribution in [0.3, 0.4) is 0 Å². The minimum Gasteiger partial charge on any atom is -0.348 e. The van der Waals surface area contributed by atoms with E-state index in [1.165, 1.54) is 7.11 Å². The summed E-state index contributed by atoms with van der Waals surface area (Å²) in [5, 5.41) is 14.1. The van der Waals surface area contributed by atoms with Gasteiger partial charge in [-0.3, -0.25) is 4.79 Å². The third-order valence-electron chi connectivity index (χ3n) is 1.30. The van der Waals surface area contributed by atoms with E-state index in [1.54, 1.807) is 0 Å². The van der Waals surface area contributed by atoms with Crippen molar-refractivity contribution in [3.63, 3.8) is 0 Å². The van der Waals surface area contributed by atoms with Crippen LogP contribution in [0.15, 0.2) is 0 Å². The Kier molecular flexibility index (Phi) is 2.08. The van der Waals surface area contributed by atoms with E-state index in [0.29, 0.717) is 0 Å². The van der Waals surface area contributed by atoms with Crippen LogP contribution in [0.4, 0.5) is 0 Å². The first-order valence-electron chi connectivity index (χ1n) is 2.95. The molecule has 1 amide bonds. The first-order valence-corrected chi connectivity index (χ1v) is 3.36. The van der Waals surface area contributed by atoms with Crippen LogP contribution < -0.4 is 10.6 Å². The summed E-state index contributed by atoms with van der Waals surface area (Å²) >= 11 is 4.61. The Balaban J connectivity index is 2.70. The number of hydrogen-bond acceptors (Lipinski definition) is 4. The summed E-state index contributed by atoms with van der Waals surface area (Å²) < 4.78 is 4.62. The van der Waals surface area contributed by atoms with Crippen LogP contribution in [0.25, 0.3) is 0 Å². The average Bonchev–Trinajstić information content (AvgIpc) is 1.84. The van der Waals surface area contributed by atoms with Gasteiger partial charge in [-0.1, -0.05) is 0 Å². The second-order valence-electron chi connectivity index (χ2n) is 2.17. The van der Waals surface area contributed by atoms with Crippen molar-refractivity contribution < 1.29 is 14.6 Å². The lowest BCUT2D eigenvalue weighted by Gasteiger charge is -2.31. The van der Waals surface area contributed by atoms with Crippen molar-refractivity contribution in [3.05, 3.63) is 0 Å². The molecule has 0 aromatic heterocycles. The number of thiocarbonyl (C=S) groups is 1. The van der Waals surface area contributed by atoms with Crippen molar-refractivity contribution in [2.24, 2.45) is 0 Å². The largest absolute Gasteiger partial charge is 0.348 e. The summed E-state index contributed by atoms with van der Waals surface area (Å²) in [6.45, 7) is 0. The van der Waals surface area contributed by atoms with Crippen LogP contribution in [-0.4, -0.2) is 29.1 Å². The molecule has 0 radical (unpaired) electrons. The van der Waals surface area contributed by atoms with Crippen LogP contribution in [0, 0.1) is 0 Å². The summed E-state index contributed by atoms with van der Waals surface area (Å²) in [5.74, 6) is -2.00. The molecule has 1 rings (SSSR count). The van der Waals surface area contributed by atoms with Gasteiger partial charge in [0.15, 0.2) is 5.11 Å². The van der Waals surface area contributed by atoms with Gasteiger partial charge in [0, 0.05) is 7.11 Å². The highest BCUT2D eigenvalue weighted by molar-refractivity contribution is 7.80. The van der Waals surface area contributed by atoms with E-state index in [4.69, 9.17) is 0 Å². The quantitative estimate of drug-likeness (QED) is 0.341. The van der Waals surface area contributed by atoms with E-state index in [9.17, 15) is 9.90 Å². The molecule has 1 atom stereocenters. The molecule has 0 spiro atoms. The fraction of sp³-hybridized carbons (Fsp3) is 0.600. The molecule has 5 nitrogen and oxygen atoms in total. The predicted molar refractivity (Wildman–Crippen MR) is 40.5 cm³/mol. The number of nitrogens with one attached hydrogen (secondary N) is 2. The summed E-state index contributed by atoms with van der Waals surface area (Å²) in [4.78, 5) is 10.8. The average molecular weight is 176 g/mol. The number of ether oxygens (including phenoxy) is 1. The Labute approximate surface area is 68.7 Å². The van der Waals surface area contributed by atoms with E-state index < -0.39 is 5.91 Å². The molecular weight excluding hydrogens is 168 g/mol. The van der Waals surface area contributed by atoms with Gasteiger partial charge < -0.3 is 20.5 Å². The van der Waals surface area contributed by atoms with Gasteiger partial charge in [0.1, 0.15) is 6.42 Å². The zero-order valence-electron chi connectivity index (χ0n) is 5.88. The fourth-order valence-corrected chi connectivity index (χ4v) is 1.04. The van der Waals surface area contributed by atoms with Crippen molar-refractivity contribution in [2.75, 3.05) is 7.11 Å². The number of rotatable bonds is 1. The molecule has 62 valence electrons. The number of hydrogen-bond donors (Lipinski definition) is 3. The Morgan fingerprint density at radius 3 is 2.91 bits per heavy atom. The van der Waals surface area contributed by atoms with Crippen LogP contribution in [0.1, 0.15) is 6.42 Å². The van der Waals surface area contributed by atoms with E-state index in [2.05, 4.69) is 27.6 Å². The molecule has 0 bridgehead atoms. The number of methoxy groups -OCH3 is 1. The predicted octanol–water partition coefficient (Wildman–Crippen LogP) is -1.33. The van der Waals surface area contributed by atoms with Gasteiger partial charge in [-0.25, -0.2) is 0 Å². The van der Waals surface area contributed by atoms with Gasteiger partial charge in [0.05, 0.1) is 0 Å².